The lowest BCUT2D eigenvalue weighted by Gasteiger charge is -2.22. The summed E-state index contributed by atoms with van der Waals surface area (Å²) in [7, 11) is -4.54. The first-order valence-corrected chi connectivity index (χ1v) is 11.6. The number of hydrogen-bond acceptors (Lipinski definition) is 9. The first-order valence-electron chi connectivity index (χ1n) is 9.30. The molecule has 32 heavy (non-hydrogen) atoms. The molecule has 1 unspecified atom stereocenters. The third-order valence-corrected chi connectivity index (χ3v) is 6.53. The number of H-pyrrole nitrogens is 1. The van der Waals surface area contributed by atoms with Crippen molar-refractivity contribution < 1.29 is 37.2 Å². The number of carbonyl (C=O) groups is 1. The van der Waals surface area contributed by atoms with E-state index < -0.39 is 54.7 Å². The van der Waals surface area contributed by atoms with Crippen LogP contribution in [0.1, 0.15) is 19.6 Å². The van der Waals surface area contributed by atoms with Crippen molar-refractivity contribution in [2.75, 3.05) is 6.61 Å². The van der Waals surface area contributed by atoms with E-state index in [0.29, 0.717) is 0 Å². The van der Waals surface area contributed by atoms with Crippen LogP contribution < -0.4 is 15.8 Å². The van der Waals surface area contributed by atoms with Gasteiger partial charge in [-0.05, 0) is 28.1 Å². The second-order valence-electron chi connectivity index (χ2n) is 6.63. The number of benzene rings is 1. The van der Waals surface area contributed by atoms with E-state index in [4.69, 9.17) is 18.3 Å². The number of phosphoric ester groups is 1. The molecule has 2 heterocycles. The lowest BCUT2D eigenvalue weighted by atomic mass is 10.1. The topological polar surface area (TPSA) is 146 Å². The summed E-state index contributed by atoms with van der Waals surface area (Å²) in [5, 5.41) is 10.4. The average Bonchev–Trinajstić information content (AvgIpc) is 2.96. The smallest absolute Gasteiger partial charge is 0.395 e. The van der Waals surface area contributed by atoms with Gasteiger partial charge in [-0.3, -0.25) is 23.7 Å². The summed E-state index contributed by atoms with van der Waals surface area (Å²) in [5.41, 5.74) is -1.69. The van der Waals surface area contributed by atoms with Gasteiger partial charge in [0, 0.05) is 18.7 Å². The molecule has 0 spiro atoms. The number of hydrogen-bond donors (Lipinski definition) is 2. The molecule has 2 N–H and O–H groups in total. The number of aliphatic hydroxyl groups is 1. The number of nitrogens with one attached hydrogen (secondary N) is 1. The Hall–Kier alpha value is -2.31. The second kappa shape index (κ2) is 9.67. The fourth-order valence-electron chi connectivity index (χ4n) is 2.75. The second-order valence-corrected chi connectivity index (χ2v) is 9.36. The van der Waals surface area contributed by atoms with E-state index >= 15 is 4.39 Å². The molecule has 1 aromatic carbocycles. The van der Waals surface area contributed by atoms with Crippen LogP contribution >= 0.6 is 23.8 Å². The standard InChI is InChI=1S/C18H19BrFN2O9P/c1-2-14(24)31-32(27,30-11-6-4-3-5-7-11)28-10-12-15(25)18(19,20)16(29-12)22-9-8-13(23)21-17(22)26/h3-9,12,15-16,25H,2,10H2,1H3,(H,21,23,26)/t12-,15-,16-,18-,32?/m1/s1. The van der Waals surface area contributed by atoms with Gasteiger partial charge in [0.25, 0.3) is 5.56 Å². The van der Waals surface area contributed by atoms with Crippen molar-refractivity contribution in [2.45, 2.75) is 36.4 Å². The van der Waals surface area contributed by atoms with Crippen molar-refractivity contribution >= 4 is 29.7 Å². The molecule has 1 saturated heterocycles. The normalized spacial score (nSPS) is 26.9. The highest BCUT2D eigenvalue weighted by Gasteiger charge is 2.57. The van der Waals surface area contributed by atoms with Crippen molar-refractivity contribution in [3.63, 3.8) is 0 Å². The van der Waals surface area contributed by atoms with Gasteiger partial charge in [0.2, 0.25) is 4.58 Å². The van der Waals surface area contributed by atoms with Gasteiger partial charge in [0.1, 0.15) is 18.0 Å². The Kier molecular flexibility index (Phi) is 7.36. The number of phosphoric acid groups is 1. The van der Waals surface area contributed by atoms with Gasteiger partial charge in [-0.2, -0.15) is 0 Å². The van der Waals surface area contributed by atoms with Crippen molar-refractivity contribution in [2.24, 2.45) is 0 Å². The van der Waals surface area contributed by atoms with Crippen molar-refractivity contribution in [1.82, 2.24) is 9.55 Å². The Morgan fingerprint density at radius 1 is 1.34 bits per heavy atom. The lowest BCUT2D eigenvalue weighted by molar-refractivity contribution is -0.135. The first-order chi connectivity index (χ1) is 15.1. The van der Waals surface area contributed by atoms with Crippen LogP contribution in [-0.2, 0) is 23.1 Å². The summed E-state index contributed by atoms with van der Waals surface area (Å²) < 4.78 is 46.8. The van der Waals surface area contributed by atoms with Crippen LogP contribution in [0.4, 0.5) is 4.39 Å². The van der Waals surface area contributed by atoms with Crippen LogP contribution in [0.5, 0.6) is 5.75 Å². The number of para-hydroxylation sites is 1. The van der Waals surface area contributed by atoms with Crippen LogP contribution in [0, 0.1) is 0 Å². The number of carbonyl (C=O) groups excluding carboxylic acids is 1. The van der Waals surface area contributed by atoms with E-state index in [2.05, 4.69) is 15.9 Å². The summed E-state index contributed by atoms with van der Waals surface area (Å²) >= 11 is 2.70. The average molecular weight is 537 g/mol. The van der Waals surface area contributed by atoms with Crippen molar-refractivity contribution in [1.29, 1.82) is 0 Å². The molecule has 0 saturated carbocycles. The van der Waals surface area contributed by atoms with Crippen molar-refractivity contribution in [3.8, 4) is 5.75 Å². The highest BCUT2D eigenvalue weighted by molar-refractivity contribution is 9.10. The zero-order valence-electron chi connectivity index (χ0n) is 16.6. The maximum atomic E-state index is 15.2. The minimum absolute atomic E-state index is 0.0747. The van der Waals surface area contributed by atoms with Gasteiger partial charge in [-0.15, -0.1) is 0 Å². The molecular formula is C18H19BrFN2O9P. The third-order valence-electron chi connectivity index (χ3n) is 4.34. The molecule has 0 aliphatic carbocycles. The fourth-order valence-corrected chi connectivity index (χ4v) is 4.61. The number of halogens is 2. The van der Waals surface area contributed by atoms with Gasteiger partial charge < -0.3 is 18.9 Å². The highest BCUT2D eigenvalue weighted by Crippen LogP contribution is 2.52. The number of rotatable bonds is 8. The maximum Gasteiger partial charge on any atom is 0.589 e. The number of aromatic nitrogens is 2. The molecule has 1 aliphatic heterocycles. The number of nitrogens with zero attached hydrogens (tertiary/aromatic N) is 1. The Balaban J connectivity index is 1.79. The van der Waals surface area contributed by atoms with E-state index in [0.717, 1.165) is 16.8 Å². The predicted molar refractivity (Wildman–Crippen MR) is 111 cm³/mol. The van der Waals surface area contributed by atoms with E-state index in [9.17, 15) is 24.1 Å². The number of aliphatic hydroxyl groups excluding tert-OH is 1. The highest BCUT2D eigenvalue weighted by atomic mass is 79.9. The molecule has 2 aromatic rings. The zero-order chi connectivity index (χ0) is 23.5. The summed E-state index contributed by atoms with van der Waals surface area (Å²) in [5.74, 6) is -0.805. The molecule has 5 atom stereocenters. The molecule has 3 rings (SSSR count). The maximum absolute atomic E-state index is 15.2. The lowest BCUT2D eigenvalue weighted by Crippen LogP contribution is -2.41. The van der Waals surface area contributed by atoms with Gasteiger partial charge in [-0.1, -0.05) is 25.1 Å². The molecule has 1 aliphatic rings. The Morgan fingerprint density at radius 2 is 2.03 bits per heavy atom. The molecule has 1 fully saturated rings. The van der Waals surface area contributed by atoms with E-state index in [1.807, 2.05) is 4.98 Å². The monoisotopic (exact) mass is 536 g/mol. The molecule has 174 valence electrons. The van der Waals surface area contributed by atoms with E-state index in [-0.39, 0.29) is 12.2 Å². The predicted octanol–water partition coefficient (Wildman–Crippen LogP) is 2.01. The number of alkyl halides is 2. The zero-order valence-corrected chi connectivity index (χ0v) is 19.0. The number of aromatic amines is 1. The summed E-state index contributed by atoms with van der Waals surface area (Å²) in [6.07, 6.45) is -4.21. The third kappa shape index (κ3) is 5.36. The Morgan fingerprint density at radius 3 is 2.66 bits per heavy atom. The minimum atomic E-state index is -4.54. The van der Waals surface area contributed by atoms with Crippen LogP contribution in [-0.4, -0.2) is 44.0 Å². The van der Waals surface area contributed by atoms with Gasteiger partial charge >= 0.3 is 19.5 Å². The summed E-state index contributed by atoms with van der Waals surface area (Å²) in [6, 6.07) is 8.70. The largest absolute Gasteiger partial charge is 0.589 e. The molecule has 0 radical (unpaired) electrons. The molecule has 1 aromatic heterocycles. The summed E-state index contributed by atoms with van der Waals surface area (Å²) in [4.78, 5) is 36.9. The SMILES string of the molecule is CCC(=O)OP(=O)(OC[C@H]1O[C@@H](n2ccc(=O)[nH]c2=O)[C@@](F)(Br)[C@@H]1O)Oc1ccccc1. The number of ether oxygens (including phenoxy) is 1. The van der Waals surface area contributed by atoms with Crippen molar-refractivity contribution in [3.05, 3.63) is 63.4 Å². The van der Waals surface area contributed by atoms with Crippen LogP contribution in [0.2, 0.25) is 0 Å². The molecule has 0 bridgehead atoms. The van der Waals surface area contributed by atoms with E-state index in [1.165, 1.54) is 19.1 Å². The van der Waals surface area contributed by atoms with Crippen LogP contribution in [0.15, 0.2) is 52.2 Å². The van der Waals surface area contributed by atoms with Gasteiger partial charge in [0.05, 0.1) is 6.61 Å². The van der Waals surface area contributed by atoms with E-state index in [1.54, 1.807) is 18.2 Å². The summed E-state index contributed by atoms with van der Waals surface area (Å²) in [6.45, 7) is 0.738. The minimum Gasteiger partial charge on any atom is -0.395 e. The van der Waals surface area contributed by atoms with Gasteiger partial charge in [-0.25, -0.2) is 13.8 Å². The van der Waals surface area contributed by atoms with Crippen LogP contribution in [0.25, 0.3) is 0 Å². The Labute approximate surface area is 188 Å². The quantitative estimate of drug-likeness (QED) is 0.382. The first kappa shape index (κ1) is 24.3. The fraction of sp³-hybridized carbons (Fsp3) is 0.389. The molecular weight excluding hydrogens is 518 g/mol. The molecule has 14 heteroatoms. The Bertz CT molecular complexity index is 1120. The molecule has 11 nitrogen and oxygen atoms in total. The van der Waals surface area contributed by atoms with Gasteiger partial charge in [0.15, 0.2) is 6.23 Å². The van der Waals surface area contributed by atoms with Crippen LogP contribution in [0.3, 0.4) is 0 Å². The molecule has 0 amide bonds.